The maximum absolute atomic E-state index is 13.8. The summed E-state index contributed by atoms with van der Waals surface area (Å²) in [7, 11) is 0. The molecular formula is C17H21ClFNO5. The van der Waals surface area contributed by atoms with E-state index in [1.807, 2.05) is 0 Å². The quantitative estimate of drug-likeness (QED) is 0.874. The second-order valence-electron chi connectivity index (χ2n) is 6.89. The minimum absolute atomic E-state index is 0.0395. The van der Waals surface area contributed by atoms with Gasteiger partial charge < -0.3 is 14.6 Å². The van der Waals surface area contributed by atoms with Gasteiger partial charge in [0.25, 0.3) is 0 Å². The first-order valence-electron chi connectivity index (χ1n) is 7.85. The molecule has 8 heteroatoms. The number of likely N-dealkylation sites (tertiary alicyclic amines) is 1. The molecule has 0 spiro atoms. The maximum Gasteiger partial charge on any atom is 0.411 e. The SMILES string of the molecule is CC(C)(C)OC(=O)N1C[C@H](OCc2ccc(Cl)cc2F)C[C@H]1C(=O)O. The number of hydrogen-bond acceptors (Lipinski definition) is 4. The third kappa shape index (κ3) is 5.31. The Labute approximate surface area is 150 Å². The van der Waals surface area contributed by atoms with Crippen molar-refractivity contribution < 1.29 is 28.6 Å². The minimum Gasteiger partial charge on any atom is -0.480 e. The monoisotopic (exact) mass is 373 g/mol. The molecule has 1 aliphatic rings. The molecule has 6 nitrogen and oxygen atoms in total. The standard InChI is InChI=1S/C17H21ClFNO5/c1-17(2,3)25-16(23)20-8-12(7-14(20)15(21)22)24-9-10-4-5-11(18)6-13(10)19/h4-6,12,14H,7-9H2,1-3H3,(H,21,22)/t12-,14+/m1/s1. The van der Waals surface area contributed by atoms with E-state index in [0.717, 1.165) is 4.90 Å². The van der Waals surface area contributed by atoms with Crippen molar-refractivity contribution in [2.45, 2.75) is 51.5 Å². The fourth-order valence-electron chi connectivity index (χ4n) is 2.52. The first kappa shape index (κ1) is 19.5. The van der Waals surface area contributed by atoms with Gasteiger partial charge in [0.2, 0.25) is 0 Å². The lowest BCUT2D eigenvalue weighted by Gasteiger charge is -2.26. The Balaban J connectivity index is 2.01. The lowest BCUT2D eigenvalue weighted by molar-refractivity contribution is -0.142. The summed E-state index contributed by atoms with van der Waals surface area (Å²) in [6.07, 6.45) is -1.11. The summed E-state index contributed by atoms with van der Waals surface area (Å²) in [6.45, 7) is 5.14. The summed E-state index contributed by atoms with van der Waals surface area (Å²) in [5.41, 5.74) is -0.419. The number of carbonyl (C=O) groups excluding carboxylic acids is 1. The smallest absolute Gasteiger partial charge is 0.411 e. The van der Waals surface area contributed by atoms with Crippen LogP contribution in [0.4, 0.5) is 9.18 Å². The molecule has 1 heterocycles. The van der Waals surface area contributed by atoms with E-state index in [1.165, 1.54) is 12.1 Å². The molecule has 0 aliphatic carbocycles. The van der Waals surface area contributed by atoms with Crippen molar-refractivity contribution in [3.05, 3.63) is 34.6 Å². The van der Waals surface area contributed by atoms with Crippen molar-refractivity contribution >= 4 is 23.7 Å². The molecule has 0 radical (unpaired) electrons. The number of aliphatic carboxylic acids is 1. The molecule has 1 N–H and O–H groups in total. The van der Waals surface area contributed by atoms with Crippen molar-refractivity contribution in [1.29, 1.82) is 0 Å². The number of benzene rings is 1. The first-order chi connectivity index (χ1) is 11.6. The van der Waals surface area contributed by atoms with E-state index in [0.29, 0.717) is 5.56 Å². The van der Waals surface area contributed by atoms with Gasteiger partial charge in [-0.05, 0) is 32.9 Å². The van der Waals surface area contributed by atoms with Gasteiger partial charge in [-0.25, -0.2) is 14.0 Å². The number of carboxylic acid groups (broad SMARTS) is 1. The Hall–Kier alpha value is -1.86. The lowest BCUT2D eigenvalue weighted by Crippen LogP contribution is -2.43. The second kappa shape index (κ2) is 7.58. The summed E-state index contributed by atoms with van der Waals surface area (Å²) in [5, 5.41) is 9.61. The second-order valence-corrected chi connectivity index (χ2v) is 7.33. The molecule has 1 aromatic carbocycles. The van der Waals surface area contributed by atoms with Crippen LogP contribution in [0.5, 0.6) is 0 Å². The number of halogens is 2. The number of carbonyl (C=O) groups is 2. The topological polar surface area (TPSA) is 76.1 Å². The van der Waals surface area contributed by atoms with Crippen LogP contribution < -0.4 is 0 Å². The average Bonchev–Trinajstić information content (AvgIpc) is 2.89. The Morgan fingerprint density at radius 1 is 1.40 bits per heavy atom. The summed E-state index contributed by atoms with van der Waals surface area (Å²) < 4.78 is 24.6. The van der Waals surface area contributed by atoms with E-state index in [4.69, 9.17) is 21.1 Å². The lowest BCUT2D eigenvalue weighted by atomic mass is 10.2. The number of nitrogens with zero attached hydrogens (tertiary/aromatic N) is 1. The fraction of sp³-hybridized carbons (Fsp3) is 0.529. The number of hydrogen-bond donors (Lipinski definition) is 1. The molecule has 0 saturated carbocycles. The summed E-state index contributed by atoms with van der Waals surface area (Å²) in [6, 6.07) is 3.20. The maximum atomic E-state index is 13.8. The minimum atomic E-state index is -1.13. The molecule has 2 atom stereocenters. The van der Waals surface area contributed by atoms with E-state index in [9.17, 15) is 19.1 Å². The van der Waals surface area contributed by atoms with Crippen molar-refractivity contribution in [3.63, 3.8) is 0 Å². The van der Waals surface area contributed by atoms with Gasteiger partial charge in [0.05, 0.1) is 19.3 Å². The van der Waals surface area contributed by atoms with E-state index >= 15 is 0 Å². The molecule has 0 unspecified atom stereocenters. The molecule has 25 heavy (non-hydrogen) atoms. The number of ether oxygens (including phenoxy) is 2. The van der Waals surface area contributed by atoms with Gasteiger partial charge in [0.1, 0.15) is 17.5 Å². The predicted molar refractivity (Wildman–Crippen MR) is 89.0 cm³/mol. The van der Waals surface area contributed by atoms with Crippen LogP contribution in [0.3, 0.4) is 0 Å². The van der Waals surface area contributed by atoms with E-state index < -0.39 is 35.6 Å². The van der Waals surface area contributed by atoms with E-state index in [1.54, 1.807) is 26.8 Å². The number of amides is 1. The highest BCUT2D eigenvalue weighted by Crippen LogP contribution is 2.25. The van der Waals surface area contributed by atoms with Gasteiger partial charge >= 0.3 is 12.1 Å². The molecule has 138 valence electrons. The number of rotatable bonds is 4. The van der Waals surface area contributed by atoms with E-state index in [2.05, 4.69) is 0 Å². The van der Waals surface area contributed by atoms with Gasteiger partial charge in [-0.15, -0.1) is 0 Å². The largest absolute Gasteiger partial charge is 0.480 e. The molecule has 2 rings (SSSR count). The molecule has 1 saturated heterocycles. The average molecular weight is 374 g/mol. The third-order valence-electron chi connectivity index (χ3n) is 3.67. The highest BCUT2D eigenvalue weighted by molar-refractivity contribution is 6.30. The highest BCUT2D eigenvalue weighted by Gasteiger charge is 2.42. The Kier molecular flexibility index (Phi) is 5.90. The van der Waals surface area contributed by atoms with Crippen LogP contribution in [0.15, 0.2) is 18.2 Å². The predicted octanol–water partition coefficient (Wildman–Crippen LogP) is 3.46. The van der Waals surface area contributed by atoms with Crippen molar-refractivity contribution in [1.82, 2.24) is 4.90 Å². The van der Waals surface area contributed by atoms with Gasteiger partial charge in [-0.1, -0.05) is 17.7 Å². The summed E-state index contributed by atoms with van der Waals surface area (Å²) >= 11 is 5.70. The van der Waals surface area contributed by atoms with Gasteiger partial charge in [0, 0.05) is 17.0 Å². The van der Waals surface area contributed by atoms with Crippen LogP contribution in [-0.4, -0.2) is 46.4 Å². The van der Waals surface area contributed by atoms with Crippen LogP contribution >= 0.6 is 11.6 Å². The van der Waals surface area contributed by atoms with Gasteiger partial charge in [-0.2, -0.15) is 0 Å². The van der Waals surface area contributed by atoms with Gasteiger partial charge in [-0.3, -0.25) is 4.90 Å². The zero-order valence-electron chi connectivity index (χ0n) is 14.3. The Bertz CT molecular complexity index is 661. The molecular weight excluding hydrogens is 353 g/mol. The molecule has 1 aromatic rings. The summed E-state index contributed by atoms with van der Waals surface area (Å²) in [5.74, 6) is -1.63. The van der Waals surface area contributed by atoms with Crippen LogP contribution in [0, 0.1) is 5.82 Å². The van der Waals surface area contributed by atoms with E-state index in [-0.39, 0.29) is 24.6 Å². The van der Waals surface area contributed by atoms with Crippen molar-refractivity contribution in [2.24, 2.45) is 0 Å². The zero-order valence-corrected chi connectivity index (χ0v) is 15.0. The number of carboxylic acids is 1. The third-order valence-corrected chi connectivity index (χ3v) is 3.90. The highest BCUT2D eigenvalue weighted by atomic mass is 35.5. The van der Waals surface area contributed by atoms with Gasteiger partial charge in [0.15, 0.2) is 0 Å². The zero-order chi connectivity index (χ0) is 18.8. The Morgan fingerprint density at radius 3 is 2.64 bits per heavy atom. The normalized spacial score (nSPS) is 20.6. The van der Waals surface area contributed by atoms with Crippen LogP contribution in [0.1, 0.15) is 32.8 Å². The molecule has 1 aliphatic heterocycles. The summed E-state index contributed by atoms with van der Waals surface area (Å²) in [4.78, 5) is 24.7. The van der Waals surface area contributed by atoms with Crippen LogP contribution in [-0.2, 0) is 20.9 Å². The molecule has 0 bridgehead atoms. The van der Waals surface area contributed by atoms with Crippen LogP contribution in [0.25, 0.3) is 0 Å². The first-order valence-corrected chi connectivity index (χ1v) is 8.22. The van der Waals surface area contributed by atoms with Crippen molar-refractivity contribution in [3.8, 4) is 0 Å². The molecule has 1 fully saturated rings. The fourth-order valence-corrected chi connectivity index (χ4v) is 2.68. The van der Waals surface area contributed by atoms with Crippen LogP contribution in [0.2, 0.25) is 5.02 Å². The molecule has 0 aromatic heterocycles. The van der Waals surface area contributed by atoms with Crippen molar-refractivity contribution in [2.75, 3.05) is 6.54 Å². The molecule has 1 amide bonds. The Morgan fingerprint density at radius 2 is 2.08 bits per heavy atom.